The topological polar surface area (TPSA) is 111 Å². The number of carboxylic acids is 1. The molecule has 3 heterocycles. The Morgan fingerprint density at radius 1 is 1.02 bits per heavy atom. The third kappa shape index (κ3) is 7.75. The molecule has 0 radical (unpaired) electrons. The highest BCUT2D eigenvalue weighted by Gasteiger charge is 2.51. The van der Waals surface area contributed by atoms with Gasteiger partial charge in [-0.3, -0.25) is 4.98 Å². The molecule has 2 atom stereocenters. The van der Waals surface area contributed by atoms with Gasteiger partial charge in [-0.15, -0.1) is 11.3 Å². The van der Waals surface area contributed by atoms with E-state index in [1.807, 2.05) is 17.0 Å². The summed E-state index contributed by atoms with van der Waals surface area (Å²) in [5, 5.41) is 18.8. The molecule has 16 heteroatoms. The number of hydrogen-bond donors (Lipinski definition) is 2. The first-order valence-electron chi connectivity index (χ1n) is 11.8. The van der Waals surface area contributed by atoms with E-state index in [0.29, 0.717) is 18.7 Å². The monoisotopic (exact) mass is 625 g/mol. The second-order valence-corrected chi connectivity index (χ2v) is 12.2. The second kappa shape index (κ2) is 12.3. The lowest BCUT2D eigenvalue weighted by Gasteiger charge is -2.42. The summed E-state index contributed by atoms with van der Waals surface area (Å²) in [6.07, 6.45) is -6.03. The molecule has 1 saturated heterocycles. The van der Waals surface area contributed by atoms with Crippen molar-refractivity contribution in [1.29, 1.82) is 0 Å². The fourth-order valence-corrected chi connectivity index (χ4v) is 6.64. The Balaban J connectivity index is 0.000000587. The van der Waals surface area contributed by atoms with E-state index < -0.39 is 33.9 Å². The first kappa shape index (κ1) is 32.3. The average Bonchev–Trinajstić information content (AvgIpc) is 3.45. The van der Waals surface area contributed by atoms with Crippen LogP contribution in [0.25, 0.3) is 0 Å². The minimum absolute atomic E-state index is 0.227. The van der Waals surface area contributed by atoms with Crippen LogP contribution in [0.5, 0.6) is 0 Å². The van der Waals surface area contributed by atoms with E-state index in [9.17, 15) is 39.9 Å². The lowest BCUT2D eigenvalue weighted by molar-refractivity contribution is -0.258. The molecule has 1 unspecified atom stereocenters. The highest BCUT2D eigenvalue weighted by Crippen LogP contribution is 2.39. The van der Waals surface area contributed by atoms with E-state index in [0.717, 1.165) is 23.8 Å². The summed E-state index contributed by atoms with van der Waals surface area (Å²) in [6, 6.07) is 12.3. The smallest absolute Gasteiger partial charge is 0.475 e. The van der Waals surface area contributed by atoms with Crippen LogP contribution in [0.1, 0.15) is 18.1 Å². The Morgan fingerprint density at radius 2 is 1.61 bits per heavy atom. The summed E-state index contributed by atoms with van der Waals surface area (Å²) in [4.78, 5) is 14.9. The quantitative estimate of drug-likeness (QED) is 0.383. The van der Waals surface area contributed by atoms with Crippen LogP contribution in [0.15, 0.2) is 70.5 Å². The number of piperazine rings is 1. The van der Waals surface area contributed by atoms with Gasteiger partial charge in [-0.05, 0) is 60.2 Å². The van der Waals surface area contributed by atoms with Crippen molar-refractivity contribution in [2.45, 2.75) is 41.5 Å². The molecule has 2 aromatic heterocycles. The summed E-state index contributed by atoms with van der Waals surface area (Å²) in [5.74, 6) is -2.76. The van der Waals surface area contributed by atoms with Crippen LogP contribution in [-0.2, 0) is 26.8 Å². The molecular formula is C25H25F6N3O5S2. The maximum absolute atomic E-state index is 13.2. The van der Waals surface area contributed by atoms with E-state index in [4.69, 9.17) is 9.90 Å². The number of thiophene rings is 1. The van der Waals surface area contributed by atoms with Crippen molar-refractivity contribution in [3.63, 3.8) is 0 Å². The Hall–Kier alpha value is -3.21. The highest BCUT2D eigenvalue weighted by molar-refractivity contribution is 7.91. The molecule has 1 aliphatic heterocycles. The molecule has 4 rings (SSSR count). The number of alkyl halides is 6. The molecule has 0 saturated carbocycles. The van der Waals surface area contributed by atoms with E-state index >= 15 is 0 Å². The van der Waals surface area contributed by atoms with Crippen molar-refractivity contribution in [1.82, 2.24) is 9.29 Å². The van der Waals surface area contributed by atoms with Gasteiger partial charge in [-0.2, -0.15) is 30.6 Å². The van der Waals surface area contributed by atoms with Crippen LogP contribution in [0, 0.1) is 0 Å². The summed E-state index contributed by atoms with van der Waals surface area (Å²) in [7, 11) is -3.64. The summed E-state index contributed by atoms with van der Waals surface area (Å²) >= 11 is 1.16. The number of aromatic nitrogens is 1. The molecule has 8 nitrogen and oxygen atoms in total. The number of pyridine rings is 1. The van der Waals surface area contributed by atoms with Crippen molar-refractivity contribution in [3.05, 3.63) is 77.4 Å². The number of carboxylic acid groups (broad SMARTS) is 1. The Morgan fingerprint density at radius 3 is 2.10 bits per heavy atom. The van der Waals surface area contributed by atoms with Crippen molar-refractivity contribution in [3.8, 4) is 0 Å². The molecule has 0 aliphatic carbocycles. The standard InChI is InChI=1S/C23H24F3N3O3S2.C2HF3O2/c1-22(30,23(24,25)26)18-4-6-19(7-5-18)29-13-12-28(34(31,32)21-3-2-14-33-21)16-20(29)15-17-8-10-27-11-9-17;3-2(4,5)1(6)7/h2-11,14,20,30H,12-13,15-16H2,1H3;(H,6,7)/t20-,22?;/m0./s1. The first-order valence-corrected chi connectivity index (χ1v) is 14.2. The molecule has 0 bridgehead atoms. The minimum Gasteiger partial charge on any atom is -0.475 e. The highest BCUT2D eigenvalue weighted by atomic mass is 32.2. The number of carbonyl (C=O) groups is 1. The van der Waals surface area contributed by atoms with Crippen LogP contribution in [-0.4, -0.2) is 71.9 Å². The second-order valence-electron chi connectivity index (χ2n) is 9.12. The molecule has 0 amide bonds. The predicted octanol–water partition coefficient (Wildman–Crippen LogP) is 4.67. The zero-order chi connectivity index (χ0) is 30.6. The lowest BCUT2D eigenvalue weighted by atomic mass is 9.94. The lowest BCUT2D eigenvalue weighted by Crippen LogP contribution is -2.55. The molecular weight excluding hydrogens is 600 g/mol. The maximum Gasteiger partial charge on any atom is 0.490 e. The third-order valence-electron chi connectivity index (χ3n) is 6.31. The van der Waals surface area contributed by atoms with E-state index in [1.165, 1.54) is 16.4 Å². The Labute approximate surface area is 235 Å². The van der Waals surface area contributed by atoms with Crippen LogP contribution in [0.3, 0.4) is 0 Å². The molecule has 2 N–H and O–H groups in total. The number of aliphatic carboxylic acids is 1. The van der Waals surface area contributed by atoms with Crippen molar-refractivity contribution >= 4 is 33.0 Å². The van der Waals surface area contributed by atoms with Gasteiger partial charge in [0.15, 0.2) is 5.60 Å². The van der Waals surface area contributed by atoms with Crippen molar-refractivity contribution in [2.75, 3.05) is 24.5 Å². The van der Waals surface area contributed by atoms with Crippen molar-refractivity contribution < 1.29 is 49.8 Å². The number of sulfonamides is 1. The fourth-order valence-electron chi connectivity index (χ4n) is 4.03. The minimum atomic E-state index is -5.08. The number of halogens is 6. The molecule has 1 aliphatic rings. The van der Waals surface area contributed by atoms with Gasteiger partial charge in [-0.1, -0.05) is 18.2 Å². The van der Waals surface area contributed by atoms with E-state index in [2.05, 4.69) is 4.98 Å². The number of nitrogens with zero attached hydrogens (tertiary/aromatic N) is 3. The normalized spacial score (nSPS) is 18.2. The Kier molecular flexibility index (Phi) is 9.73. The summed E-state index contributed by atoms with van der Waals surface area (Å²) < 4.78 is 99.4. The van der Waals surface area contributed by atoms with Gasteiger partial charge in [0.1, 0.15) is 4.21 Å². The largest absolute Gasteiger partial charge is 0.490 e. The predicted molar refractivity (Wildman–Crippen MR) is 138 cm³/mol. The zero-order valence-corrected chi connectivity index (χ0v) is 22.9. The maximum atomic E-state index is 13.2. The average molecular weight is 626 g/mol. The number of hydrogen-bond acceptors (Lipinski definition) is 7. The fraction of sp³-hybridized carbons (Fsp3) is 0.360. The molecule has 3 aromatic rings. The first-order chi connectivity index (χ1) is 18.9. The third-order valence-corrected chi connectivity index (χ3v) is 9.55. The van der Waals surface area contributed by atoms with E-state index in [1.54, 1.807) is 42.0 Å². The number of anilines is 1. The van der Waals surface area contributed by atoms with Gasteiger partial charge in [0, 0.05) is 43.8 Å². The number of aliphatic hydroxyl groups is 1. The van der Waals surface area contributed by atoms with Gasteiger partial charge in [-0.25, -0.2) is 13.2 Å². The van der Waals surface area contributed by atoms with Crippen LogP contribution >= 0.6 is 11.3 Å². The van der Waals surface area contributed by atoms with Gasteiger partial charge in [0.2, 0.25) is 0 Å². The SMILES string of the molecule is CC(O)(c1ccc(N2CCN(S(=O)(=O)c3cccs3)C[C@@H]2Cc2ccncc2)cc1)C(F)(F)F.O=C(O)C(F)(F)F. The Bertz CT molecular complexity index is 1400. The molecule has 41 heavy (non-hydrogen) atoms. The molecule has 1 fully saturated rings. The summed E-state index contributed by atoms with van der Waals surface area (Å²) in [6.45, 7) is 1.57. The van der Waals surface area contributed by atoms with Gasteiger partial charge in [0.25, 0.3) is 10.0 Å². The van der Waals surface area contributed by atoms with Crippen molar-refractivity contribution in [2.24, 2.45) is 0 Å². The zero-order valence-electron chi connectivity index (χ0n) is 21.3. The van der Waals surface area contributed by atoms with Gasteiger partial charge < -0.3 is 15.1 Å². The van der Waals surface area contributed by atoms with Gasteiger partial charge in [0.05, 0.1) is 0 Å². The van der Waals surface area contributed by atoms with E-state index in [-0.39, 0.29) is 28.9 Å². The molecule has 1 aromatic carbocycles. The van der Waals surface area contributed by atoms with Crippen LogP contribution in [0.4, 0.5) is 32.0 Å². The molecule has 224 valence electrons. The number of benzene rings is 1. The van der Waals surface area contributed by atoms with Crippen LogP contribution in [0.2, 0.25) is 0 Å². The number of rotatable bonds is 6. The summed E-state index contributed by atoms with van der Waals surface area (Å²) in [5.41, 5.74) is -1.59. The van der Waals surface area contributed by atoms with Gasteiger partial charge >= 0.3 is 18.3 Å². The molecule has 0 spiro atoms. The van der Waals surface area contributed by atoms with Crippen LogP contribution < -0.4 is 4.90 Å².